The van der Waals surface area contributed by atoms with Gasteiger partial charge in [-0.05, 0) is 20.8 Å². The first-order valence-corrected chi connectivity index (χ1v) is 3.98. The van der Waals surface area contributed by atoms with Crippen molar-refractivity contribution in [3.05, 3.63) is 18.6 Å². The minimum absolute atomic E-state index is 0.238. The molecule has 0 saturated heterocycles. The number of ether oxygens (including phenoxy) is 1. The zero-order valence-corrected chi connectivity index (χ0v) is 7.94. The summed E-state index contributed by atoms with van der Waals surface area (Å²) in [5.74, 6) is -0.0737. The molecule has 0 aromatic carbocycles. The van der Waals surface area contributed by atoms with Crippen LogP contribution in [0.3, 0.4) is 0 Å². The molecule has 0 atom stereocenters. The average molecular weight is 180 g/mol. The van der Waals surface area contributed by atoms with Crippen LogP contribution in [0.1, 0.15) is 20.8 Å². The van der Waals surface area contributed by atoms with Gasteiger partial charge in [-0.25, -0.2) is 4.98 Å². The average Bonchev–Trinajstić information content (AvgIpc) is 2.04. The fourth-order valence-electron chi connectivity index (χ4n) is 0.586. The molecule has 70 valence electrons. The van der Waals surface area contributed by atoms with Crippen molar-refractivity contribution >= 4 is 5.97 Å². The van der Waals surface area contributed by atoms with Gasteiger partial charge in [0.15, 0.2) is 0 Å². The van der Waals surface area contributed by atoms with E-state index in [-0.39, 0.29) is 11.8 Å². The van der Waals surface area contributed by atoms with Crippen LogP contribution in [0.5, 0.6) is 5.88 Å². The maximum absolute atomic E-state index is 11.3. The second-order valence-corrected chi connectivity index (χ2v) is 3.68. The van der Waals surface area contributed by atoms with Crippen molar-refractivity contribution in [1.29, 1.82) is 0 Å². The summed E-state index contributed by atoms with van der Waals surface area (Å²) in [6, 6.07) is 0. The van der Waals surface area contributed by atoms with Crippen LogP contribution >= 0.6 is 0 Å². The van der Waals surface area contributed by atoms with Gasteiger partial charge in [0.1, 0.15) is 0 Å². The van der Waals surface area contributed by atoms with Gasteiger partial charge in [0.05, 0.1) is 11.6 Å². The van der Waals surface area contributed by atoms with Crippen LogP contribution in [0.4, 0.5) is 0 Å². The molecule has 0 N–H and O–H groups in total. The van der Waals surface area contributed by atoms with Gasteiger partial charge in [0, 0.05) is 12.4 Å². The van der Waals surface area contributed by atoms with E-state index in [1.807, 2.05) is 0 Å². The summed E-state index contributed by atoms with van der Waals surface area (Å²) < 4.78 is 4.97. The van der Waals surface area contributed by atoms with Gasteiger partial charge in [0.2, 0.25) is 5.88 Å². The van der Waals surface area contributed by atoms with Crippen LogP contribution < -0.4 is 4.74 Å². The Balaban J connectivity index is 2.66. The molecule has 0 aliphatic rings. The Morgan fingerprint density at radius 2 is 2.08 bits per heavy atom. The Morgan fingerprint density at radius 1 is 1.38 bits per heavy atom. The molecular weight excluding hydrogens is 168 g/mol. The van der Waals surface area contributed by atoms with Gasteiger partial charge in [-0.3, -0.25) is 9.78 Å². The molecule has 0 bridgehead atoms. The molecule has 4 nitrogen and oxygen atoms in total. The minimum atomic E-state index is -0.516. The number of carbonyl (C=O) groups is 1. The highest BCUT2D eigenvalue weighted by atomic mass is 16.5. The zero-order chi connectivity index (χ0) is 9.90. The van der Waals surface area contributed by atoms with E-state index in [2.05, 4.69) is 9.97 Å². The molecule has 4 heteroatoms. The maximum atomic E-state index is 11.3. The van der Waals surface area contributed by atoms with Crippen molar-refractivity contribution in [3.63, 3.8) is 0 Å². The number of esters is 1. The van der Waals surface area contributed by atoms with E-state index in [1.54, 1.807) is 20.8 Å². The van der Waals surface area contributed by atoms with E-state index in [0.717, 1.165) is 0 Å². The third kappa shape index (κ3) is 2.82. The normalized spacial score (nSPS) is 11.0. The molecule has 0 aliphatic carbocycles. The van der Waals surface area contributed by atoms with Crippen molar-refractivity contribution in [2.45, 2.75) is 20.8 Å². The van der Waals surface area contributed by atoms with Crippen LogP contribution in [-0.4, -0.2) is 15.9 Å². The van der Waals surface area contributed by atoms with Gasteiger partial charge >= 0.3 is 5.97 Å². The Hall–Kier alpha value is -1.45. The highest BCUT2D eigenvalue weighted by molar-refractivity contribution is 5.77. The second kappa shape index (κ2) is 3.51. The Labute approximate surface area is 77.0 Å². The topological polar surface area (TPSA) is 52.1 Å². The molecule has 1 aromatic rings. The van der Waals surface area contributed by atoms with Gasteiger partial charge in [-0.15, -0.1) is 0 Å². The van der Waals surface area contributed by atoms with Gasteiger partial charge in [-0.1, -0.05) is 0 Å². The molecule has 0 saturated carbocycles. The smallest absolute Gasteiger partial charge is 0.318 e. The summed E-state index contributed by atoms with van der Waals surface area (Å²) >= 11 is 0. The summed E-state index contributed by atoms with van der Waals surface area (Å²) in [5.41, 5.74) is -0.516. The highest BCUT2D eigenvalue weighted by Gasteiger charge is 2.23. The number of aromatic nitrogens is 2. The fraction of sp³-hybridized carbons (Fsp3) is 0.444. The van der Waals surface area contributed by atoms with E-state index < -0.39 is 5.41 Å². The third-order valence-corrected chi connectivity index (χ3v) is 1.35. The van der Waals surface area contributed by atoms with Crippen molar-refractivity contribution in [1.82, 2.24) is 9.97 Å². The fourth-order valence-corrected chi connectivity index (χ4v) is 0.586. The molecule has 0 radical (unpaired) electrons. The number of hydrogen-bond acceptors (Lipinski definition) is 4. The summed E-state index contributed by atoms with van der Waals surface area (Å²) in [5, 5.41) is 0. The summed E-state index contributed by atoms with van der Waals surface area (Å²) in [7, 11) is 0. The van der Waals surface area contributed by atoms with Crippen LogP contribution in [-0.2, 0) is 4.79 Å². The SMILES string of the molecule is CC(C)(C)C(=O)Oc1cnccn1. The van der Waals surface area contributed by atoms with Gasteiger partial charge in [-0.2, -0.15) is 0 Å². The third-order valence-electron chi connectivity index (χ3n) is 1.35. The van der Waals surface area contributed by atoms with Gasteiger partial charge in [0.25, 0.3) is 0 Å². The first-order chi connectivity index (χ1) is 6.00. The summed E-state index contributed by atoms with van der Waals surface area (Å²) in [6.07, 6.45) is 4.41. The first-order valence-electron chi connectivity index (χ1n) is 3.98. The Bertz CT molecular complexity index is 290. The van der Waals surface area contributed by atoms with E-state index in [0.29, 0.717) is 0 Å². The predicted octanol–water partition coefficient (Wildman–Crippen LogP) is 1.43. The maximum Gasteiger partial charge on any atom is 0.318 e. The standard InChI is InChI=1S/C9H12N2O2/c1-9(2,3)8(12)13-7-6-10-4-5-11-7/h4-6H,1-3H3. The Kier molecular flexibility index (Phi) is 2.60. The highest BCUT2D eigenvalue weighted by Crippen LogP contribution is 2.16. The van der Waals surface area contributed by atoms with Crippen LogP contribution in [0.15, 0.2) is 18.6 Å². The predicted molar refractivity (Wildman–Crippen MR) is 47.1 cm³/mol. The lowest BCUT2D eigenvalue weighted by Crippen LogP contribution is -2.25. The molecule has 0 amide bonds. The molecule has 0 unspecified atom stereocenters. The summed E-state index contributed by atoms with van der Waals surface area (Å²) in [6.45, 7) is 5.35. The quantitative estimate of drug-likeness (QED) is 0.613. The molecule has 1 rings (SSSR count). The molecule has 0 fully saturated rings. The Morgan fingerprint density at radius 3 is 2.54 bits per heavy atom. The van der Waals surface area contributed by atoms with Crippen molar-refractivity contribution in [2.24, 2.45) is 5.41 Å². The van der Waals surface area contributed by atoms with E-state index in [9.17, 15) is 4.79 Å². The lowest BCUT2D eigenvalue weighted by molar-refractivity contribution is -0.143. The van der Waals surface area contributed by atoms with Crippen molar-refractivity contribution in [3.8, 4) is 5.88 Å². The van der Waals surface area contributed by atoms with Crippen LogP contribution in [0, 0.1) is 5.41 Å². The van der Waals surface area contributed by atoms with E-state index in [1.165, 1.54) is 18.6 Å². The lowest BCUT2D eigenvalue weighted by atomic mass is 9.97. The van der Waals surface area contributed by atoms with Crippen molar-refractivity contribution < 1.29 is 9.53 Å². The number of rotatable bonds is 1. The molecular formula is C9H12N2O2. The molecule has 0 spiro atoms. The molecule has 1 heterocycles. The largest absolute Gasteiger partial charge is 0.405 e. The van der Waals surface area contributed by atoms with Gasteiger partial charge < -0.3 is 4.74 Å². The van der Waals surface area contributed by atoms with Crippen LogP contribution in [0.2, 0.25) is 0 Å². The van der Waals surface area contributed by atoms with E-state index in [4.69, 9.17) is 4.74 Å². The minimum Gasteiger partial charge on any atom is -0.405 e. The zero-order valence-electron chi connectivity index (χ0n) is 7.94. The van der Waals surface area contributed by atoms with Crippen LogP contribution in [0.25, 0.3) is 0 Å². The first kappa shape index (κ1) is 9.64. The number of hydrogen-bond donors (Lipinski definition) is 0. The lowest BCUT2D eigenvalue weighted by Gasteiger charge is -2.14. The summed E-state index contributed by atoms with van der Waals surface area (Å²) in [4.78, 5) is 19.0. The number of nitrogens with zero attached hydrogens (tertiary/aromatic N) is 2. The molecule has 0 aliphatic heterocycles. The number of carbonyl (C=O) groups excluding carboxylic acids is 1. The molecule has 13 heavy (non-hydrogen) atoms. The molecule has 1 aromatic heterocycles. The monoisotopic (exact) mass is 180 g/mol. The van der Waals surface area contributed by atoms with Crippen molar-refractivity contribution in [2.75, 3.05) is 0 Å². The second-order valence-electron chi connectivity index (χ2n) is 3.68. The van der Waals surface area contributed by atoms with E-state index >= 15 is 0 Å².